The summed E-state index contributed by atoms with van der Waals surface area (Å²) in [6, 6.07) is 6.12. The third kappa shape index (κ3) is 2.23. The van der Waals surface area contributed by atoms with Crippen LogP contribution in [0.15, 0.2) is 29.4 Å². The van der Waals surface area contributed by atoms with Gasteiger partial charge in [0, 0.05) is 12.7 Å². The normalized spacial score (nSPS) is 11.1. The molecule has 0 radical (unpaired) electrons. The molecule has 0 fully saturated rings. The molecule has 0 aliphatic heterocycles. The molecule has 4 heteroatoms. The van der Waals surface area contributed by atoms with Gasteiger partial charge < -0.3 is 9.72 Å². The molecule has 86 valence electrons. The van der Waals surface area contributed by atoms with Gasteiger partial charge >= 0.3 is 0 Å². The summed E-state index contributed by atoms with van der Waals surface area (Å²) in [4.78, 5) is 4.64. The fourth-order valence-corrected chi connectivity index (χ4v) is 2.45. The molecule has 16 heavy (non-hydrogen) atoms. The van der Waals surface area contributed by atoms with E-state index in [-0.39, 0.29) is 0 Å². The van der Waals surface area contributed by atoms with Crippen LogP contribution in [0.3, 0.4) is 0 Å². The number of hydrogen-bond donors (Lipinski definition) is 1. The SMILES string of the molecule is CCNCc1c(SCC)nc2ccccn12. The highest BCUT2D eigenvalue weighted by atomic mass is 32.2. The standard InChI is InChI=1S/C12H17N3S/c1-3-13-9-10-12(16-4-2)14-11-7-5-6-8-15(10)11/h5-8,13H,3-4,9H2,1-2H3. The Hall–Kier alpha value is -1.00. The van der Waals surface area contributed by atoms with Crippen molar-refractivity contribution in [3.63, 3.8) is 0 Å². The van der Waals surface area contributed by atoms with Gasteiger partial charge in [-0.15, -0.1) is 11.8 Å². The molecule has 0 saturated carbocycles. The van der Waals surface area contributed by atoms with E-state index in [4.69, 9.17) is 0 Å². The van der Waals surface area contributed by atoms with Crippen LogP contribution < -0.4 is 5.32 Å². The van der Waals surface area contributed by atoms with E-state index in [2.05, 4.69) is 40.8 Å². The van der Waals surface area contributed by atoms with Crippen LogP contribution in [0, 0.1) is 0 Å². The first-order valence-corrected chi connectivity index (χ1v) is 6.64. The van der Waals surface area contributed by atoms with Gasteiger partial charge in [0.25, 0.3) is 0 Å². The van der Waals surface area contributed by atoms with Crippen molar-refractivity contribution >= 4 is 17.4 Å². The monoisotopic (exact) mass is 235 g/mol. The zero-order chi connectivity index (χ0) is 11.4. The van der Waals surface area contributed by atoms with E-state index >= 15 is 0 Å². The second-order valence-electron chi connectivity index (χ2n) is 3.51. The first-order chi connectivity index (χ1) is 7.86. The van der Waals surface area contributed by atoms with Crippen molar-refractivity contribution in [3.8, 4) is 0 Å². The summed E-state index contributed by atoms with van der Waals surface area (Å²) < 4.78 is 2.17. The lowest BCUT2D eigenvalue weighted by molar-refractivity contribution is 0.694. The Morgan fingerprint density at radius 1 is 1.38 bits per heavy atom. The van der Waals surface area contributed by atoms with Crippen LogP contribution in [0.5, 0.6) is 0 Å². The lowest BCUT2D eigenvalue weighted by Gasteiger charge is -2.04. The number of hydrogen-bond acceptors (Lipinski definition) is 3. The van der Waals surface area contributed by atoms with Crippen LogP contribution in [0.4, 0.5) is 0 Å². The average Bonchev–Trinajstić information content (AvgIpc) is 2.65. The Bertz CT molecular complexity index is 464. The van der Waals surface area contributed by atoms with Gasteiger partial charge in [-0.05, 0) is 24.4 Å². The van der Waals surface area contributed by atoms with Gasteiger partial charge in [0.05, 0.1) is 5.69 Å². The van der Waals surface area contributed by atoms with Crippen molar-refractivity contribution in [3.05, 3.63) is 30.1 Å². The fourth-order valence-electron chi connectivity index (χ4n) is 1.68. The highest BCUT2D eigenvalue weighted by molar-refractivity contribution is 7.99. The second-order valence-corrected chi connectivity index (χ2v) is 4.76. The molecule has 2 aromatic rings. The van der Waals surface area contributed by atoms with Crippen molar-refractivity contribution in [2.24, 2.45) is 0 Å². The zero-order valence-electron chi connectivity index (χ0n) is 9.73. The minimum absolute atomic E-state index is 0.879. The van der Waals surface area contributed by atoms with Crippen LogP contribution in [0.25, 0.3) is 5.65 Å². The largest absolute Gasteiger partial charge is 0.311 e. The molecule has 2 heterocycles. The Kier molecular flexibility index (Phi) is 3.85. The summed E-state index contributed by atoms with van der Waals surface area (Å²) in [7, 11) is 0. The van der Waals surface area contributed by atoms with Gasteiger partial charge in [0.1, 0.15) is 10.7 Å². The Balaban J connectivity index is 2.42. The van der Waals surface area contributed by atoms with Crippen LogP contribution in [-0.2, 0) is 6.54 Å². The van der Waals surface area contributed by atoms with Gasteiger partial charge in [0.2, 0.25) is 0 Å². The maximum absolute atomic E-state index is 4.64. The molecule has 2 rings (SSSR count). The van der Waals surface area contributed by atoms with Crippen molar-refractivity contribution in [2.45, 2.75) is 25.4 Å². The number of rotatable bonds is 5. The van der Waals surface area contributed by atoms with Gasteiger partial charge in [-0.3, -0.25) is 0 Å². The summed E-state index contributed by atoms with van der Waals surface area (Å²) >= 11 is 1.81. The molecule has 0 bridgehead atoms. The van der Waals surface area contributed by atoms with Crippen LogP contribution in [0.1, 0.15) is 19.5 Å². The molecule has 0 aliphatic carbocycles. The van der Waals surface area contributed by atoms with Crippen LogP contribution in [0.2, 0.25) is 0 Å². The molecule has 0 aliphatic rings. The Labute approximate surface area is 100 Å². The first-order valence-electron chi connectivity index (χ1n) is 5.66. The first kappa shape index (κ1) is 11.5. The smallest absolute Gasteiger partial charge is 0.138 e. The van der Waals surface area contributed by atoms with E-state index in [0.29, 0.717) is 0 Å². The summed E-state index contributed by atoms with van der Waals surface area (Å²) in [6.45, 7) is 6.14. The van der Waals surface area contributed by atoms with Crippen LogP contribution in [-0.4, -0.2) is 21.7 Å². The predicted molar refractivity (Wildman–Crippen MR) is 69.0 cm³/mol. The summed E-state index contributed by atoms with van der Waals surface area (Å²) in [5, 5.41) is 4.52. The topological polar surface area (TPSA) is 29.3 Å². The molecule has 0 saturated heterocycles. The third-order valence-corrected chi connectivity index (χ3v) is 3.30. The van der Waals surface area contributed by atoms with E-state index in [0.717, 1.165) is 29.5 Å². The minimum Gasteiger partial charge on any atom is -0.311 e. The fraction of sp³-hybridized carbons (Fsp3) is 0.417. The number of fused-ring (bicyclic) bond motifs is 1. The number of thioether (sulfide) groups is 1. The highest BCUT2D eigenvalue weighted by Gasteiger charge is 2.10. The highest BCUT2D eigenvalue weighted by Crippen LogP contribution is 2.23. The molecule has 0 aromatic carbocycles. The van der Waals surface area contributed by atoms with Crippen LogP contribution >= 0.6 is 11.8 Å². The van der Waals surface area contributed by atoms with Crippen molar-refractivity contribution in [1.82, 2.24) is 14.7 Å². The van der Waals surface area contributed by atoms with Gasteiger partial charge in [-0.1, -0.05) is 19.9 Å². The molecule has 2 aromatic heterocycles. The summed E-state index contributed by atoms with van der Waals surface area (Å²) in [5.41, 5.74) is 2.30. The van der Waals surface area contributed by atoms with Gasteiger partial charge in [-0.2, -0.15) is 0 Å². The average molecular weight is 235 g/mol. The van der Waals surface area contributed by atoms with Gasteiger partial charge in [0.15, 0.2) is 0 Å². The zero-order valence-corrected chi connectivity index (χ0v) is 10.5. The second kappa shape index (κ2) is 5.37. The summed E-state index contributed by atoms with van der Waals surface area (Å²) in [5.74, 6) is 1.06. The maximum atomic E-state index is 4.64. The summed E-state index contributed by atoms with van der Waals surface area (Å²) in [6.07, 6.45) is 2.08. The number of imidazole rings is 1. The van der Waals surface area contributed by atoms with Gasteiger partial charge in [-0.25, -0.2) is 4.98 Å². The van der Waals surface area contributed by atoms with E-state index in [9.17, 15) is 0 Å². The molecular formula is C12H17N3S. The number of pyridine rings is 1. The molecule has 0 unspecified atom stereocenters. The van der Waals surface area contributed by atoms with E-state index in [1.54, 1.807) is 11.8 Å². The number of nitrogens with zero attached hydrogens (tertiary/aromatic N) is 2. The molecule has 0 amide bonds. The molecule has 3 nitrogen and oxygen atoms in total. The number of nitrogens with one attached hydrogen (secondary N) is 1. The lowest BCUT2D eigenvalue weighted by Crippen LogP contribution is -2.14. The van der Waals surface area contributed by atoms with E-state index in [1.807, 2.05) is 12.1 Å². The van der Waals surface area contributed by atoms with E-state index in [1.165, 1.54) is 5.69 Å². The maximum Gasteiger partial charge on any atom is 0.138 e. The van der Waals surface area contributed by atoms with Crippen molar-refractivity contribution in [2.75, 3.05) is 12.3 Å². The molecule has 1 N–H and O–H groups in total. The van der Waals surface area contributed by atoms with Crippen molar-refractivity contribution in [1.29, 1.82) is 0 Å². The molecular weight excluding hydrogens is 218 g/mol. The Morgan fingerprint density at radius 3 is 3.00 bits per heavy atom. The molecule has 0 atom stereocenters. The van der Waals surface area contributed by atoms with Crippen molar-refractivity contribution < 1.29 is 0 Å². The molecule has 0 spiro atoms. The minimum atomic E-state index is 0.879. The Morgan fingerprint density at radius 2 is 2.25 bits per heavy atom. The third-order valence-electron chi connectivity index (χ3n) is 2.42. The quantitative estimate of drug-likeness (QED) is 0.808. The van der Waals surface area contributed by atoms with E-state index < -0.39 is 0 Å². The lowest BCUT2D eigenvalue weighted by atomic mass is 10.4. The predicted octanol–water partition coefficient (Wildman–Crippen LogP) is 2.56. The number of aromatic nitrogens is 2.